The lowest BCUT2D eigenvalue weighted by molar-refractivity contribution is 0.561. The molecule has 0 atom stereocenters. The van der Waals surface area contributed by atoms with Crippen molar-refractivity contribution in [2.45, 2.75) is 11.4 Å². The second-order valence-corrected chi connectivity index (χ2v) is 6.46. The molecular weight excluding hydrogens is 323 g/mol. The van der Waals surface area contributed by atoms with E-state index < -0.39 is 10.0 Å². The maximum absolute atomic E-state index is 12.1. The van der Waals surface area contributed by atoms with Gasteiger partial charge >= 0.3 is 0 Å². The maximum atomic E-state index is 12.1. The van der Waals surface area contributed by atoms with Crippen LogP contribution in [0.4, 0.5) is 5.69 Å². The topological polar surface area (TPSA) is 90.0 Å². The summed E-state index contributed by atoms with van der Waals surface area (Å²) >= 11 is 11.7. The third-order valence-corrected chi connectivity index (χ3v) is 4.93. The molecule has 1 aromatic carbocycles. The predicted molar refractivity (Wildman–Crippen MR) is 78.3 cm³/mol. The first-order valence-corrected chi connectivity index (χ1v) is 7.86. The van der Waals surface area contributed by atoms with Crippen LogP contribution in [0.2, 0.25) is 10.0 Å². The molecule has 20 heavy (non-hydrogen) atoms. The number of aromatic nitrogens is 2. The summed E-state index contributed by atoms with van der Waals surface area (Å²) in [5.74, 6) is 0. The molecule has 2 rings (SSSR count). The number of nitrogen functional groups attached to an aromatic ring is 1. The minimum Gasteiger partial charge on any atom is -0.396 e. The van der Waals surface area contributed by atoms with Gasteiger partial charge in [-0.1, -0.05) is 23.2 Å². The SMILES string of the molecule is Nc1c(Cl)ccc(S(=O)(=O)NCCn2cccn2)c1Cl. The van der Waals surface area contributed by atoms with E-state index in [-0.39, 0.29) is 27.2 Å². The number of halogens is 2. The van der Waals surface area contributed by atoms with Crippen LogP contribution in [-0.4, -0.2) is 24.7 Å². The van der Waals surface area contributed by atoms with Crippen molar-refractivity contribution in [3.8, 4) is 0 Å². The Morgan fingerprint density at radius 1 is 1.35 bits per heavy atom. The van der Waals surface area contributed by atoms with Gasteiger partial charge in [-0.3, -0.25) is 4.68 Å². The van der Waals surface area contributed by atoms with Crippen molar-refractivity contribution in [1.82, 2.24) is 14.5 Å². The molecule has 1 aromatic heterocycles. The Balaban J connectivity index is 2.12. The molecule has 3 N–H and O–H groups in total. The zero-order valence-electron chi connectivity index (χ0n) is 10.3. The normalized spacial score (nSPS) is 11.7. The van der Waals surface area contributed by atoms with Crippen molar-refractivity contribution in [2.24, 2.45) is 0 Å². The smallest absolute Gasteiger partial charge is 0.242 e. The first-order valence-electron chi connectivity index (χ1n) is 5.62. The Morgan fingerprint density at radius 2 is 2.10 bits per heavy atom. The highest BCUT2D eigenvalue weighted by molar-refractivity contribution is 7.89. The second-order valence-electron chi connectivity index (χ2n) is 3.94. The number of rotatable bonds is 5. The summed E-state index contributed by atoms with van der Waals surface area (Å²) in [6.45, 7) is 0.593. The molecular formula is C11H12Cl2N4O2S. The van der Waals surface area contributed by atoms with Gasteiger partial charge in [-0.15, -0.1) is 0 Å². The fourth-order valence-electron chi connectivity index (χ4n) is 1.56. The van der Waals surface area contributed by atoms with Crippen LogP contribution in [0.3, 0.4) is 0 Å². The van der Waals surface area contributed by atoms with Crippen LogP contribution >= 0.6 is 23.2 Å². The molecule has 9 heteroatoms. The molecule has 2 aromatic rings. The van der Waals surface area contributed by atoms with Gasteiger partial charge in [0.1, 0.15) is 4.90 Å². The second kappa shape index (κ2) is 6.01. The van der Waals surface area contributed by atoms with Crippen molar-refractivity contribution < 1.29 is 8.42 Å². The summed E-state index contributed by atoms with van der Waals surface area (Å²) in [5.41, 5.74) is 5.66. The molecule has 0 radical (unpaired) electrons. The summed E-state index contributed by atoms with van der Waals surface area (Å²) in [5, 5.41) is 4.10. The number of nitrogens with one attached hydrogen (secondary N) is 1. The van der Waals surface area contributed by atoms with E-state index in [0.29, 0.717) is 6.54 Å². The minimum atomic E-state index is -3.75. The van der Waals surface area contributed by atoms with Crippen molar-refractivity contribution in [3.05, 3.63) is 40.6 Å². The largest absolute Gasteiger partial charge is 0.396 e. The van der Waals surface area contributed by atoms with E-state index in [2.05, 4.69) is 9.82 Å². The van der Waals surface area contributed by atoms with Crippen molar-refractivity contribution >= 4 is 38.9 Å². The lowest BCUT2D eigenvalue weighted by atomic mass is 10.3. The molecule has 0 aliphatic heterocycles. The molecule has 0 amide bonds. The molecule has 0 aliphatic carbocycles. The number of hydrogen-bond acceptors (Lipinski definition) is 4. The summed E-state index contributed by atoms with van der Waals surface area (Å²) in [6, 6.07) is 4.47. The van der Waals surface area contributed by atoms with Gasteiger partial charge in [0.15, 0.2) is 0 Å². The molecule has 0 unspecified atom stereocenters. The van der Waals surface area contributed by atoms with Crippen LogP contribution in [0.25, 0.3) is 0 Å². The Bertz CT molecular complexity index is 701. The molecule has 108 valence electrons. The van der Waals surface area contributed by atoms with E-state index in [1.165, 1.54) is 12.1 Å². The molecule has 0 aliphatic rings. The average molecular weight is 335 g/mol. The van der Waals surface area contributed by atoms with Gasteiger partial charge in [0, 0.05) is 18.9 Å². The Hall–Kier alpha value is -1.28. The number of hydrogen-bond donors (Lipinski definition) is 2. The van der Waals surface area contributed by atoms with Gasteiger partial charge < -0.3 is 5.73 Å². The molecule has 0 fully saturated rings. The summed E-state index contributed by atoms with van der Waals surface area (Å²) < 4.78 is 28.3. The van der Waals surface area contributed by atoms with Crippen LogP contribution in [0.1, 0.15) is 0 Å². The molecule has 0 saturated heterocycles. The van der Waals surface area contributed by atoms with Gasteiger partial charge in [-0.05, 0) is 18.2 Å². The summed E-state index contributed by atoms with van der Waals surface area (Å²) in [7, 11) is -3.75. The summed E-state index contributed by atoms with van der Waals surface area (Å²) in [4.78, 5) is -0.0958. The molecule has 1 heterocycles. The minimum absolute atomic E-state index is 0.0447. The molecule has 6 nitrogen and oxygen atoms in total. The van der Waals surface area contributed by atoms with Gasteiger partial charge in [-0.25, -0.2) is 13.1 Å². The number of nitrogens with zero attached hydrogens (tertiary/aromatic N) is 2. The van der Waals surface area contributed by atoms with Gasteiger partial charge in [0.25, 0.3) is 0 Å². The van der Waals surface area contributed by atoms with Crippen LogP contribution in [0.5, 0.6) is 0 Å². The quantitative estimate of drug-likeness (QED) is 0.815. The van der Waals surface area contributed by atoms with Gasteiger partial charge in [0.2, 0.25) is 10.0 Å². The van der Waals surface area contributed by atoms with E-state index in [1.54, 1.807) is 23.1 Å². The first kappa shape index (κ1) is 15.1. The van der Waals surface area contributed by atoms with Crippen LogP contribution in [-0.2, 0) is 16.6 Å². The lowest BCUT2D eigenvalue weighted by Gasteiger charge is -2.10. The number of anilines is 1. The third kappa shape index (κ3) is 3.24. The zero-order valence-corrected chi connectivity index (χ0v) is 12.6. The van der Waals surface area contributed by atoms with E-state index in [9.17, 15) is 8.42 Å². The fourth-order valence-corrected chi connectivity index (χ4v) is 3.35. The van der Waals surface area contributed by atoms with Gasteiger partial charge in [-0.2, -0.15) is 5.10 Å². The van der Waals surface area contributed by atoms with Crippen LogP contribution in [0, 0.1) is 0 Å². The number of nitrogens with two attached hydrogens (primary N) is 1. The number of benzene rings is 1. The maximum Gasteiger partial charge on any atom is 0.242 e. The Labute approximate surface area is 126 Å². The van der Waals surface area contributed by atoms with Crippen molar-refractivity contribution in [3.63, 3.8) is 0 Å². The standard InChI is InChI=1S/C11H12Cl2N4O2S/c12-8-2-3-9(10(13)11(8)14)20(18,19)16-5-7-17-6-1-4-15-17/h1-4,6,16H,5,7,14H2. The number of sulfonamides is 1. The fraction of sp³-hybridized carbons (Fsp3) is 0.182. The van der Waals surface area contributed by atoms with E-state index in [1.807, 2.05) is 0 Å². The highest BCUT2D eigenvalue weighted by atomic mass is 35.5. The molecule has 0 spiro atoms. The van der Waals surface area contributed by atoms with Crippen molar-refractivity contribution in [2.75, 3.05) is 12.3 Å². The van der Waals surface area contributed by atoms with Crippen LogP contribution in [0.15, 0.2) is 35.5 Å². The summed E-state index contributed by atoms with van der Waals surface area (Å²) in [6.07, 6.45) is 3.35. The average Bonchev–Trinajstić information content (AvgIpc) is 2.88. The lowest BCUT2D eigenvalue weighted by Crippen LogP contribution is -2.28. The van der Waals surface area contributed by atoms with E-state index in [0.717, 1.165) is 0 Å². The highest BCUT2D eigenvalue weighted by Crippen LogP contribution is 2.32. The first-order chi connectivity index (χ1) is 9.42. The Kier molecular flexibility index (Phi) is 4.54. The van der Waals surface area contributed by atoms with Gasteiger partial charge in [0.05, 0.1) is 22.3 Å². The van der Waals surface area contributed by atoms with Crippen molar-refractivity contribution in [1.29, 1.82) is 0 Å². The zero-order chi connectivity index (χ0) is 14.8. The molecule has 0 bridgehead atoms. The third-order valence-electron chi connectivity index (χ3n) is 2.57. The van der Waals surface area contributed by atoms with E-state index >= 15 is 0 Å². The Morgan fingerprint density at radius 3 is 2.75 bits per heavy atom. The van der Waals surface area contributed by atoms with E-state index in [4.69, 9.17) is 28.9 Å². The molecule has 0 saturated carbocycles. The highest BCUT2D eigenvalue weighted by Gasteiger charge is 2.20. The van der Waals surface area contributed by atoms with Crippen LogP contribution < -0.4 is 10.5 Å². The predicted octanol–water partition coefficient (Wildman–Crippen LogP) is 1.75. The monoisotopic (exact) mass is 334 g/mol.